The van der Waals surface area contributed by atoms with Crippen LogP contribution in [0.4, 0.5) is 10.1 Å². The van der Waals surface area contributed by atoms with E-state index in [0.29, 0.717) is 0 Å². The molecule has 2 rings (SSSR count). The van der Waals surface area contributed by atoms with Gasteiger partial charge >= 0.3 is 0 Å². The molecule has 0 unspecified atom stereocenters. The number of aryl methyl sites for hydroxylation is 1. The minimum absolute atomic E-state index is 0.0462. The predicted octanol–water partition coefficient (Wildman–Crippen LogP) is 0.516. The number of aliphatic hydroxyl groups is 1. The Labute approximate surface area is 137 Å². The molecule has 3 N–H and O–H groups in total. The summed E-state index contributed by atoms with van der Waals surface area (Å²) < 4.78 is 40.7. The van der Waals surface area contributed by atoms with Crippen molar-refractivity contribution in [2.75, 3.05) is 12.0 Å². The summed E-state index contributed by atoms with van der Waals surface area (Å²) >= 11 is 0. The Morgan fingerprint density at radius 3 is 2.79 bits per heavy atom. The first-order chi connectivity index (χ1) is 11.3. The summed E-state index contributed by atoms with van der Waals surface area (Å²) in [4.78, 5) is 12.0. The zero-order valence-electron chi connectivity index (χ0n) is 12.4. The molecule has 1 heterocycles. The maximum absolute atomic E-state index is 14.0. The number of amides is 1. The van der Waals surface area contributed by atoms with Crippen molar-refractivity contribution in [3.63, 3.8) is 0 Å². The third-order valence-electron chi connectivity index (χ3n) is 3.14. The van der Waals surface area contributed by atoms with Crippen molar-refractivity contribution in [3.05, 3.63) is 47.5 Å². The highest BCUT2D eigenvalue weighted by Crippen LogP contribution is 2.19. The summed E-state index contributed by atoms with van der Waals surface area (Å²) in [5.41, 5.74) is -0.469. The molecule has 0 atom stereocenters. The number of carbonyl (C=O) groups is 1. The minimum Gasteiger partial charge on any atom is -0.380 e. The zero-order chi connectivity index (χ0) is 17.9. The van der Waals surface area contributed by atoms with Gasteiger partial charge in [-0.05, 0) is 18.2 Å². The molecule has 2 aromatic rings. The smallest absolute Gasteiger partial charge is 0.272 e. The molecule has 1 aromatic heterocycles. The molecule has 0 bridgehead atoms. The van der Waals surface area contributed by atoms with Crippen molar-refractivity contribution in [1.82, 2.24) is 9.29 Å². The Morgan fingerprint density at radius 2 is 2.17 bits per heavy atom. The van der Waals surface area contributed by atoms with E-state index >= 15 is 0 Å². The molecule has 0 aliphatic rings. The number of hydrogen-bond acceptors (Lipinski definition) is 5. The quantitative estimate of drug-likeness (QED) is 0.677. The third kappa shape index (κ3) is 3.43. The Kier molecular flexibility index (Phi) is 4.99. The van der Waals surface area contributed by atoms with Crippen LogP contribution in [0.5, 0.6) is 0 Å². The minimum atomic E-state index is -3.96. The van der Waals surface area contributed by atoms with E-state index in [-0.39, 0.29) is 21.8 Å². The first kappa shape index (κ1) is 17.6. The first-order valence-electron chi connectivity index (χ1n) is 6.57. The Bertz CT molecular complexity index is 931. The summed E-state index contributed by atoms with van der Waals surface area (Å²) in [5.74, 6) is -1.63. The number of benzene rings is 1. The van der Waals surface area contributed by atoms with E-state index in [4.69, 9.17) is 10.4 Å². The van der Waals surface area contributed by atoms with Crippen LogP contribution < -0.4 is 10.0 Å². The normalized spacial score (nSPS) is 11.1. The number of rotatable bonds is 5. The SMILES string of the molecule is Cn1cc(S(=O)(=O)NCO)cc1C(=O)Nc1cccc(C#N)c1F. The number of anilines is 1. The van der Waals surface area contributed by atoms with Crippen molar-refractivity contribution >= 4 is 21.6 Å². The monoisotopic (exact) mass is 352 g/mol. The Hall–Kier alpha value is -2.74. The summed E-state index contributed by atoms with van der Waals surface area (Å²) in [7, 11) is -2.52. The molecule has 126 valence electrons. The molecule has 10 heteroatoms. The van der Waals surface area contributed by atoms with Crippen LogP contribution in [0.2, 0.25) is 0 Å². The second kappa shape index (κ2) is 6.79. The van der Waals surface area contributed by atoms with Gasteiger partial charge in [-0.15, -0.1) is 0 Å². The average molecular weight is 352 g/mol. The van der Waals surface area contributed by atoms with Gasteiger partial charge in [-0.1, -0.05) is 6.07 Å². The van der Waals surface area contributed by atoms with Gasteiger partial charge in [0.15, 0.2) is 5.82 Å². The molecular weight excluding hydrogens is 339 g/mol. The van der Waals surface area contributed by atoms with Crippen LogP contribution in [0, 0.1) is 17.1 Å². The molecule has 1 aromatic carbocycles. The molecular formula is C14H13FN4O4S. The molecule has 1 amide bonds. The van der Waals surface area contributed by atoms with Crippen LogP contribution in [0.3, 0.4) is 0 Å². The van der Waals surface area contributed by atoms with E-state index in [1.54, 1.807) is 6.07 Å². The van der Waals surface area contributed by atoms with E-state index < -0.39 is 28.5 Å². The van der Waals surface area contributed by atoms with E-state index in [9.17, 15) is 17.6 Å². The summed E-state index contributed by atoms with van der Waals surface area (Å²) in [6.45, 7) is -0.787. The van der Waals surface area contributed by atoms with Crippen molar-refractivity contribution in [3.8, 4) is 6.07 Å². The molecule has 0 radical (unpaired) electrons. The maximum atomic E-state index is 14.0. The van der Waals surface area contributed by atoms with Crippen molar-refractivity contribution in [2.45, 2.75) is 4.90 Å². The van der Waals surface area contributed by atoms with Crippen LogP contribution in [0.15, 0.2) is 35.4 Å². The van der Waals surface area contributed by atoms with Crippen molar-refractivity contribution in [1.29, 1.82) is 5.26 Å². The van der Waals surface area contributed by atoms with Gasteiger partial charge in [0.05, 0.1) is 11.3 Å². The van der Waals surface area contributed by atoms with E-state index in [2.05, 4.69) is 5.32 Å². The highest BCUT2D eigenvalue weighted by Gasteiger charge is 2.21. The third-order valence-corrected chi connectivity index (χ3v) is 4.50. The Morgan fingerprint density at radius 1 is 1.46 bits per heavy atom. The standard InChI is InChI=1S/C14H13FN4O4S/c1-19-7-10(24(22,23)17-8-20)5-12(19)14(21)18-11-4-2-3-9(6-16)13(11)15/h2-5,7,17,20H,8H2,1H3,(H,18,21). The number of nitrogens with zero attached hydrogens (tertiary/aromatic N) is 2. The molecule has 8 nitrogen and oxygen atoms in total. The Balaban J connectivity index is 2.32. The molecule has 24 heavy (non-hydrogen) atoms. The van der Waals surface area contributed by atoms with Gasteiger partial charge in [-0.25, -0.2) is 12.8 Å². The van der Waals surface area contributed by atoms with Gasteiger partial charge in [0.25, 0.3) is 5.91 Å². The highest BCUT2D eigenvalue weighted by molar-refractivity contribution is 7.89. The molecule has 0 aliphatic heterocycles. The van der Waals surface area contributed by atoms with Crippen LogP contribution in [0.1, 0.15) is 16.1 Å². The number of aliphatic hydroxyl groups excluding tert-OH is 1. The summed E-state index contributed by atoms with van der Waals surface area (Å²) in [5, 5.41) is 19.7. The number of nitrogens with one attached hydrogen (secondary N) is 2. The van der Waals surface area contributed by atoms with E-state index in [1.165, 1.54) is 36.0 Å². The largest absolute Gasteiger partial charge is 0.380 e. The van der Waals surface area contributed by atoms with Crippen LogP contribution >= 0.6 is 0 Å². The fourth-order valence-corrected chi connectivity index (χ4v) is 2.88. The topological polar surface area (TPSA) is 124 Å². The molecule has 0 aliphatic carbocycles. The molecule has 0 spiro atoms. The average Bonchev–Trinajstić information content (AvgIpc) is 2.92. The number of hydrogen-bond donors (Lipinski definition) is 3. The lowest BCUT2D eigenvalue weighted by atomic mass is 10.2. The van der Waals surface area contributed by atoms with Gasteiger partial charge in [0.1, 0.15) is 23.4 Å². The second-order valence-corrected chi connectivity index (χ2v) is 6.48. The number of carbonyl (C=O) groups excluding carboxylic acids is 1. The lowest BCUT2D eigenvalue weighted by Crippen LogP contribution is -2.24. The van der Waals surface area contributed by atoms with Crippen molar-refractivity contribution < 1.29 is 22.7 Å². The van der Waals surface area contributed by atoms with Gasteiger partial charge in [0, 0.05) is 13.2 Å². The molecule has 0 saturated heterocycles. The first-order valence-corrected chi connectivity index (χ1v) is 8.05. The fourth-order valence-electron chi connectivity index (χ4n) is 1.98. The van der Waals surface area contributed by atoms with E-state index in [1.807, 2.05) is 4.72 Å². The summed E-state index contributed by atoms with van der Waals surface area (Å²) in [6, 6.07) is 6.69. The van der Waals surface area contributed by atoms with Crippen LogP contribution in [0.25, 0.3) is 0 Å². The predicted molar refractivity (Wildman–Crippen MR) is 81.9 cm³/mol. The second-order valence-electron chi connectivity index (χ2n) is 4.71. The molecule has 0 saturated carbocycles. The number of nitriles is 1. The van der Waals surface area contributed by atoms with Crippen LogP contribution in [-0.2, 0) is 17.1 Å². The molecule has 0 fully saturated rings. The number of aromatic nitrogens is 1. The zero-order valence-corrected chi connectivity index (χ0v) is 13.3. The lowest BCUT2D eigenvalue weighted by Gasteiger charge is -2.07. The van der Waals surface area contributed by atoms with Gasteiger partial charge in [0.2, 0.25) is 10.0 Å². The van der Waals surface area contributed by atoms with E-state index in [0.717, 1.165) is 6.07 Å². The summed E-state index contributed by atoms with van der Waals surface area (Å²) in [6.07, 6.45) is 1.18. The lowest BCUT2D eigenvalue weighted by molar-refractivity contribution is 0.101. The fraction of sp³-hybridized carbons (Fsp3) is 0.143. The van der Waals surface area contributed by atoms with Crippen molar-refractivity contribution in [2.24, 2.45) is 7.05 Å². The maximum Gasteiger partial charge on any atom is 0.272 e. The van der Waals surface area contributed by atoms with Crippen LogP contribution in [-0.4, -0.2) is 30.7 Å². The van der Waals surface area contributed by atoms with Gasteiger partial charge < -0.3 is 15.0 Å². The van der Waals surface area contributed by atoms with Gasteiger partial charge in [-0.3, -0.25) is 4.79 Å². The number of sulfonamides is 1. The van der Waals surface area contributed by atoms with Gasteiger partial charge in [-0.2, -0.15) is 9.98 Å². The highest BCUT2D eigenvalue weighted by atomic mass is 32.2. The number of halogens is 1.